The van der Waals surface area contributed by atoms with E-state index in [0.29, 0.717) is 42.8 Å². The Hall–Kier alpha value is -4.06. The highest BCUT2D eigenvalue weighted by atomic mass is 19.1. The minimum Gasteiger partial charge on any atom is -0.484 e. The molecule has 0 aromatic heterocycles. The number of Topliss-reactive ketones (excluding diaryl/α,β-unsaturated/α-hetero) is 1. The Morgan fingerprint density at radius 1 is 0.975 bits per heavy atom. The number of halogens is 1. The highest BCUT2D eigenvalue weighted by Gasteiger charge is 2.39. The van der Waals surface area contributed by atoms with Crippen molar-refractivity contribution in [2.24, 2.45) is 4.99 Å². The maximum Gasteiger partial charge on any atom is 0.231 e. The van der Waals surface area contributed by atoms with Crippen molar-refractivity contribution in [1.82, 2.24) is 5.32 Å². The number of benzene rings is 3. The predicted molar refractivity (Wildman–Crippen MR) is 160 cm³/mol. The number of nitrogens with one attached hydrogen (secondary N) is 1. The van der Waals surface area contributed by atoms with Gasteiger partial charge in [0.05, 0.1) is 24.3 Å². The molecule has 1 amide bonds. The second-order valence-electron chi connectivity index (χ2n) is 10.1. The van der Waals surface area contributed by atoms with Crippen molar-refractivity contribution in [3.05, 3.63) is 114 Å². The summed E-state index contributed by atoms with van der Waals surface area (Å²) in [5, 5.41) is 3.17. The lowest BCUT2D eigenvalue weighted by Crippen LogP contribution is -2.45. The maximum atomic E-state index is 14.0. The van der Waals surface area contributed by atoms with E-state index < -0.39 is 5.41 Å². The Kier molecular flexibility index (Phi) is 10.9. The minimum atomic E-state index is -0.788. The van der Waals surface area contributed by atoms with Crippen LogP contribution in [0.5, 0.6) is 0 Å². The molecule has 2 atom stereocenters. The molecular weight excluding hydrogens is 503 g/mol. The molecule has 40 heavy (non-hydrogen) atoms. The average molecular weight is 543 g/mol. The van der Waals surface area contributed by atoms with Gasteiger partial charge in [0.15, 0.2) is 11.7 Å². The molecule has 0 aliphatic heterocycles. The topological polar surface area (TPSA) is 67.8 Å². The molecule has 1 unspecified atom stereocenters. The van der Waals surface area contributed by atoms with Gasteiger partial charge in [0.2, 0.25) is 5.91 Å². The number of hydrogen-bond donors (Lipinski definition) is 1. The smallest absolute Gasteiger partial charge is 0.231 e. The van der Waals surface area contributed by atoms with Crippen molar-refractivity contribution >= 4 is 23.3 Å². The summed E-state index contributed by atoms with van der Waals surface area (Å²) in [6.07, 6.45) is 2.85. The standard InChI is InChI=1S/C34H39FN2O3/c1-6-22-34(30-11-8-7-9-12-30,33(39)37-25(3)28-18-20-31(35)21-19-28)23-10-13-32(38)29-16-14-27(15-17-29)24(2)36-26(4)40-5/h7-9,11-12,14-21,25H,2,6,10,13,22-23H2,1,3-5H3,(H,37,39)/t25-,34?/m0/s1. The number of nitrogens with zero attached hydrogens (tertiary/aromatic N) is 1. The normalized spacial score (nSPS) is 13.7. The number of ether oxygens (including phenoxy) is 1. The SMILES string of the molecule is C=C(N=C(C)OC)c1ccc(C(=O)CCCC(CCC)(C(=O)N[C@@H](C)c2ccc(F)cc2)c2ccccc2)cc1. The number of carbonyl (C=O) groups excluding carboxylic acids is 2. The molecule has 0 heterocycles. The summed E-state index contributed by atoms with van der Waals surface area (Å²) in [5.41, 5.74) is 2.96. The molecule has 0 fully saturated rings. The van der Waals surface area contributed by atoms with E-state index in [1.54, 1.807) is 38.3 Å². The third kappa shape index (κ3) is 7.75. The molecule has 3 aromatic rings. The summed E-state index contributed by atoms with van der Waals surface area (Å²) in [6, 6.07) is 22.9. The van der Waals surface area contributed by atoms with Crippen LogP contribution in [0.4, 0.5) is 4.39 Å². The van der Waals surface area contributed by atoms with E-state index in [-0.39, 0.29) is 23.5 Å². The fraction of sp³-hybridized carbons (Fsp3) is 0.324. The molecule has 0 radical (unpaired) electrons. The van der Waals surface area contributed by atoms with Gasteiger partial charge in [-0.3, -0.25) is 9.59 Å². The van der Waals surface area contributed by atoms with Gasteiger partial charge in [-0.25, -0.2) is 9.38 Å². The van der Waals surface area contributed by atoms with Gasteiger partial charge < -0.3 is 10.1 Å². The molecule has 6 heteroatoms. The molecule has 3 rings (SSSR count). The molecule has 210 valence electrons. The first-order chi connectivity index (χ1) is 19.2. The van der Waals surface area contributed by atoms with E-state index in [1.165, 1.54) is 12.1 Å². The first kappa shape index (κ1) is 30.5. The van der Waals surface area contributed by atoms with E-state index in [9.17, 15) is 14.0 Å². The molecule has 0 aliphatic rings. The molecule has 5 nitrogen and oxygen atoms in total. The highest BCUT2D eigenvalue weighted by Crippen LogP contribution is 2.36. The summed E-state index contributed by atoms with van der Waals surface area (Å²) in [6.45, 7) is 9.68. The molecule has 0 spiro atoms. The summed E-state index contributed by atoms with van der Waals surface area (Å²) in [4.78, 5) is 31.3. The first-order valence-corrected chi connectivity index (χ1v) is 13.7. The van der Waals surface area contributed by atoms with Crippen molar-refractivity contribution in [1.29, 1.82) is 0 Å². The monoisotopic (exact) mass is 542 g/mol. The molecule has 1 N–H and O–H groups in total. The van der Waals surface area contributed by atoms with Crippen molar-refractivity contribution < 1.29 is 18.7 Å². The molecule has 0 saturated heterocycles. The summed E-state index contributed by atoms with van der Waals surface area (Å²) in [7, 11) is 1.55. The number of rotatable bonds is 13. The van der Waals surface area contributed by atoms with Crippen LogP contribution in [-0.4, -0.2) is 24.7 Å². The van der Waals surface area contributed by atoms with Gasteiger partial charge >= 0.3 is 0 Å². The summed E-state index contributed by atoms with van der Waals surface area (Å²) in [5.74, 6) is 0.132. The maximum absolute atomic E-state index is 14.0. The number of carbonyl (C=O) groups is 2. The lowest BCUT2D eigenvalue weighted by atomic mass is 9.72. The Morgan fingerprint density at radius 2 is 1.60 bits per heavy atom. The van der Waals surface area contributed by atoms with Crippen LogP contribution >= 0.6 is 0 Å². The van der Waals surface area contributed by atoms with Crippen LogP contribution in [0.3, 0.4) is 0 Å². The Labute approximate surface area is 237 Å². The number of hydrogen-bond acceptors (Lipinski definition) is 4. The van der Waals surface area contributed by atoms with Crippen LogP contribution in [0.25, 0.3) is 5.70 Å². The van der Waals surface area contributed by atoms with Crippen LogP contribution in [-0.2, 0) is 14.9 Å². The van der Waals surface area contributed by atoms with Gasteiger partial charge in [0.25, 0.3) is 0 Å². The number of aliphatic imine (C=N–C) groups is 1. The Morgan fingerprint density at radius 3 is 2.20 bits per heavy atom. The van der Waals surface area contributed by atoms with Crippen molar-refractivity contribution in [2.45, 2.75) is 64.3 Å². The summed E-state index contributed by atoms with van der Waals surface area (Å²) < 4.78 is 18.5. The lowest BCUT2D eigenvalue weighted by Gasteiger charge is -2.34. The van der Waals surface area contributed by atoms with Crippen LogP contribution in [0.2, 0.25) is 0 Å². The van der Waals surface area contributed by atoms with Gasteiger partial charge in [0, 0.05) is 18.9 Å². The minimum absolute atomic E-state index is 0.0206. The Balaban J connectivity index is 1.76. The third-order valence-corrected chi connectivity index (χ3v) is 7.29. The van der Waals surface area contributed by atoms with Gasteiger partial charge in [-0.15, -0.1) is 0 Å². The van der Waals surface area contributed by atoms with Crippen LogP contribution in [0.1, 0.15) is 86.0 Å². The summed E-state index contributed by atoms with van der Waals surface area (Å²) >= 11 is 0. The lowest BCUT2D eigenvalue weighted by molar-refractivity contribution is -0.128. The van der Waals surface area contributed by atoms with Crippen molar-refractivity contribution in [3.63, 3.8) is 0 Å². The Bertz CT molecular complexity index is 1320. The molecule has 0 bridgehead atoms. The largest absolute Gasteiger partial charge is 0.484 e. The van der Waals surface area contributed by atoms with Crippen molar-refractivity contribution in [3.8, 4) is 0 Å². The predicted octanol–water partition coefficient (Wildman–Crippen LogP) is 7.83. The van der Waals surface area contributed by atoms with Gasteiger partial charge in [0.1, 0.15) is 5.82 Å². The third-order valence-electron chi connectivity index (χ3n) is 7.29. The number of amides is 1. The number of methoxy groups -OCH3 is 1. The zero-order valence-corrected chi connectivity index (χ0v) is 23.9. The van der Waals surface area contributed by atoms with E-state index in [1.807, 2.05) is 49.4 Å². The second kappa shape index (κ2) is 14.4. The fourth-order valence-corrected chi connectivity index (χ4v) is 4.97. The molecule has 0 aliphatic carbocycles. The average Bonchev–Trinajstić information content (AvgIpc) is 2.97. The fourth-order valence-electron chi connectivity index (χ4n) is 4.97. The second-order valence-corrected chi connectivity index (χ2v) is 10.1. The van der Waals surface area contributed by atoms with Gasteiger partial charge in [-0.1, -0.05) is 86.7 Å². The molecule has 0 saturated carbocycles. The van der Waals surface area contributed by atoms with E-state index >= 15 is 0 Å². The number of ketones is 1. The van der Waals surface area contributed by atoms with E-state index in [4.69, 9.17) is 4.74 Å². The van der Waals surface area contributed by atoms with Crippen LogP contribution in [0.15, 0.2) is 90.4 Å². The van der Waals surface area contributed by atoms with Gasteiger partial charge in [-0.2, -0.15) is 0 Å². The van der Waals surface area contributed by atoms with E-state index in [0.717, 1.165) is 23.1 Å². The highest BCUT2D eigenvalue weighted by molar-refractivity contribution is 5.96. The zero-order chi connectivity index (χ0) is 29.1. The quantitative estimate of drug-likeness (QED) is 0.136. The van der Waals surface area contributed by atoms with Crippen LogP contribution < -0.4 is 5.32 Å². The van der Waals surface area contributed by atoms with Crippen molar-refractivity contribution in [2.75, 3.05) is 7.11 Å². The van der Waals surface area contributed by atoms with Crippen LogP contribution in [0, 0.1) is 5.82 Å². The first-order valence-electron chi connectivity index (χ1n) is 13.7. The molecular formula is C34H39FN2O3. The van der Waals surface area contributed by atoms with E-state index in [2.05, 4.69) is 23.8 Å². The zero-order valence-electron chi connectivity index (χ0n) is 23.9. The van der Waals surface area contributed by atoms with Gasteiger partial charge in [-0.05, 0) is 55.0 Å². The molecule has 3 aromatic carbocycles.